The van der Waals surface area contributed by atoms with E-state index in [-0.39, 0.29) is 0 Å². The first-order chi connectivity index (χ1) is 9.33. The zero-order chi connectivity index (χ0) is 13.1. The van der Waals surface area contributed by atoms with Crippen LogP contribution < -0.4 is 5.32 Å². The number of hydrogen-bond donors (Lipinski definition) is 1. The van der Waals surface area contributed by atoms with E-state index in [2.05, 4.69) is 17.1 Å². The fourth-order valence-corrected chi connectivity index (χ4v) is 4.67. The van der Waals surface area contributed by atoms with E-state index in [1.54, 1.807) is 0 Å². The van der Waals surface area contributed by atoms with E-state index in [4.69, 9.17) is 0 Å². The average Bonchev–Trinajstić information content (AvgIpc) is 2.74. The summed E-state index contributed by atoms with van der Waals surface area (Å²) in [6, 6.07) is 1.69. The van der Waals surface area contributed by atoms with Gasteiger partial charge in [-0.05, 0) is 63.5 Å². The van der Waals surface area contributed by atoms with Gasteiger partial charge in [-0.2, -0.15) is 0 Å². The molecule has 0 aromatic carbocycles. The van der Waals surface area contributed by atoms with Crippen molar-refractivity contribution in [1.29, 1.82) is 0 Å². The topological polar surface area (TPSA) is 15.3 Å². The Bertz CT molecular complexity index is 260. The second kappa shape index (κ2) is 6.58. The summed E-state index contributed by atoms with van der Waals surface area (Å²) in [5.41, 5.74) is 0. The molecule has 0 aromatic rings. The van der Waals surface area contributed by atoms with Crippen molar-refractivity contribution in [3.8, 4) is 0 Å². The van der Waals surface area contributed by atoms with E-state index in [0.717, 1.165) is 23.9 Å². The van der Waals surface area contributed by atoms with Crippen LogP contribution in [0.25, 0.3) is 0 Å². The lowest BCUT2D eigenvalue weighted by Crippen LogP contribution is -2.46. The minimum Gasteiger partial charge on any atom is -0.312 e. The van der Waals surface area contributed by atoms with Crippen LogP contribution in [0.15, 0.2) is 0 Å². The number of rotatable bonds is 2. The monoisotopic (exact) mass is 264 g/mol. The Morgan fingerprint density at radius 1 is 0.947 bits per heavy atom. The van der Waals surface area contributed by atoms with Crippen molar-refractivity contribution in [2.45, 2.75) is 76.8 Å². The van der Waals surface area contributed by atoms with E-state index in [1.807, 2.05) is 0 Å². The van der Waals surface area contributed by atoms with Gasteiger partial charge in [-0.25, -0.2) is 0 Å². The minimum atomic E-state index is 0.790. The summed E-state index contributed by atoms with van der Waals surface area (Å²) < 4.78 is 0. The van der Waals surface area contributed by atoms with Gasteiger partial charge in [0.25, 0.3) is 0 Å². The predicted molar refractivity (Wildman–Crippen MR) is 81.4 cm³/mol. The lowest BCUT2D eigenvalue weighted by Gasteiger charge is -2.35. The molecular formula is C17H32N2. The first-order valence-corrected chi connectivity index (χ1v) is 8.80. The van der Waals surface area contributed by atoms with Crippen molar-refractivity contribution in [3.05, 3.63) is 0 Å². The summed E-state index contributed by atoms with van der Waals surface area (Å²) in [6.45, 7) is 6.37. The third-order valence-corrected chi connectivity index (χ3v) is 5.86. The van der Waals surface area contributed by atoms with Crippen LogP contribution in [0.3, 0.4) is 0 Å². The summed E-state index contributed by atoms with van der Waals surface area (Å²) >= 11 is 0. The normalized spacial score (nSPS) is 39.3. The first-order valence-electron chi connectivity index (χ1n) is 8.80. The predicted octanol–water partition coefficient (Wildman–Crippen LogP) is 3.42. The highest BCUT2D eigenvalue weighted by Gasteiger charge is 2.32. The third-order valence-electron chi connectivity index (χ3n) is 5.86. The molecule has 3 rings (SSSR count). The van der Waals surface area contributed by atoms with Crippen molar-refractivity contribution in [2.75, 3.05) is 19.6 Å². The molecule has 1 N–H and O–H groups in total. The average molecular weight is 264 g/mol. The van der Waals surface area contributed by atoms with Gasteiger partial charge in [0, 0.05) is 18.6 Å². The molecular weight excluding hydrogens is 232 g/mol. The molecule has 0 aromatic heterocycles. The molecule has 0 bridgehead atoms. The Morgan fingerprint density at radius 2 is 1.79 bits per heavy atom. The number of nitrogens with zero attached hydrogens (tertiary/aromatic N) is 1. The third kappa shape index (κ3) is 3.52. The van der Waals surface area contributed by atoms with Crippen LogP contribution in [0.5, 0.6) is 0 Å². The van der Waals surface area contributed by atoms with Gasteiger partial charge in [-0.15, -0.1) is 0 Å². The lowest BCUT2D eigenvalue weighted by atomic mass is 9.83. The van der Waals surface area contributed by atoms with E-state index >= 15 is 0 Å². The highest BCUT2D eigenvalue weighted by atomic mass is 15.2. The fraction of sp³-hybridized carbons (Fsp3) is 1.00. The quantitative estimate of drug-likeness (QED) is 0.822. The molecule has 1 saturated heterocycles. The van der Waals surface area contributed by atoms with E-state index in [0.29, 0.717) is 0 Å². The van der Waals surface area contributed by atoms with Gasteiger partial charge in [0.2, 0.25) is 0 Å². The number of hydrogen-bond acceptors (Lipinski definition) is 2. The summed E-state index contributed by atoms with van der Waals surface area (Å²) in [5, 5.41) is 3.87. The molecule has 110 valence electrons. The maximum absolute atomic E-state index is 3.87. The summed E-state index contributed by atoms with van der Waals surface area (Å²) in [5.74, 6) is 1.93. The maximum atomic E-state index is 3.87. The molecule has 1 aliphatic heterocycles. The van der Waals surface area contributed by atoms with Gasteiger partial charge in [0.05, 0.1) is 0 Å². The van der Waals surface area contributed by atoms with E-state index in [9.17, 15) is 0 Å². The summed E-state index contributed by atoms with van der Waals surface area (Å²) in [7, 11) is 0. The van der Waals surface area contributed by atoms with Crippen molar-refractivity contribution in [2.24, 2.45) is 11.8 Å². The van der Waals surface area contributed by atoms with Crippen molar-refractivity contribution in [1.82, 2.24) is 10.2 Å². The molecule has 3 unspecified atom stereocenters. The SMILES string of the molecule is CC1CCC(N2CCCNC(C3CCCCC3)C2)C1. The van der Waals surface area contributed by atoms with Crippen LogP contribution in [-0.2, 0) is 0 Å². The Kier molecular flexibility index (Phi) is 4.81. The second-order valence-corrected chi connectivity index (χ2v) is 7.38. The fourth-order valence-electron chi connectivity index (χ4n) is 4.67. The van der Waals surface area contributed by atoms with Gasteiger partial charge in [0.1, 0.15) is 0 Å². The van der Waals surface area contributed by atoms with Crippen LogP contribution in [0.4, 0.5) is 0 Å². The molecule has 19 heavy (non-hydrogen) atoms. The van der Waals surface area contributed by atoms with Crippen LogP contribution >= 0.6 is 0 Å². The Labute approximate surface area is 119 Å². The van der Waals surface area contributed by atoms with Crippen molar-refractivity contribution in [3.63, 3.8) is 0 Å². The molecule has 3 aliphatic rings. The van der Waals surface area contributed by atoms with Gasteiger partial charge in [0.15, 0.2) is 0 Å². The number of nitrogens with one attached hydrogen (secondary N) is 1. The Balaban J connectivity index is 1.59. The van der Waals surface area contributed by atoms with E-state index < -0.39 is 0 Å². The molecule has 1 heterocycles. The molecule has 3 fully saturated rings. The van der Waals surface area contributed by atoms with Crippen molar-refractivity contribution < 1.29 is 0 Å². The van der Waals surface area contributed by atoms with E-state index in [1.165, 1.54) is 77.4 Å². The summed E-state index contributed by atoms with van der Waals surface area (Å²) in [4.78, 5) is 2.85. The molecule has 2 saturated carbocycles. The minimum absolute atomic E-state index is 0.790. The first kappa shape index (κ1) is 13.9. The van der Waals surface area contributed by atoms with Gasteiger partial charge in [-0.3, -0.25) is 4.90 Å². The van der Waals surface area contributed by atoms with Crippen LogP contribution in [0.2, 0.25) is 0 Å². The molecule has 0 spiro atoms. The van der Waals surface area contributed by atoms with Crippen LogP contribution in [0.1, 0.15) is 64.7 Å². The largest absolute Gasteiger partial charge is 0.312 e. The molecule has 2 heteroatoms. The molecule has 3 atom stereocenters. The van der Waals surface area contributed by atoms with Crippen LogP contribution in [-0.4, -0.2) is 36.6 Å². The molecule has 2 nitrogen and oxygen atoms in total. The molecule has 0 radical (unpaired) electrons. The van der Waals surface area contributed by atoms with Gasteiger partial charge in [-0.1, -0.05) is 26.2 Å². The molecule has 0 amide bonds. The standard InChI is InChI=1S/C17H32N2/c1-14-8-9-16(12-14)19-11-5-10-18-17(13-19)15-6-3-2-4-7-15/h14-18H,2-13H2,1H3. The highest BCUT2D eigenvalue weighted by Crippen LogP contribution is 2.32. The molecule has 2 aliphatic carbocycles. The Morgan fingerprint density at radius 3 is 2.53 bits per heavy atom. The second-order valence-electron chi connectivity index (χ2n) is 7.38. The zero-order valence-electron chi connectivity index (χ0n) is 12.7. The van der Waals surface area contributed by atoms with Gasteiger partial charge < -0.3 is 5.32 Å². The zero-order valence-corrected chi connectivity index (χ0v) is 12.7. The lowest BCUT2D eigenvalue weighted by molar-refractivity contribution is 0.161. The van der Waals surface area contributed by atoms with Crippen molar-refractivity contribution >= 4 is 0 Å². The van der Waals surface area contributed by atoms with Gasteiger partial charge >= 0.3 is 0 Å². The smallest absolute Gasteiger partial charge is 0.0223 e. The van der Waals surface area contributed by atoms with Crippen LogP contribution in [0, 0.1) is 11.8 Å². The Hall–Kier alpha value is -0.0800. The maximum Gasteiger partial charge on any atom is 0.0223 e. The highest BCUT2D eigenvalue weighted by molar-refractivity contribution is 4.89. The summed E-state index contributed by atoms with van der Waals surface area (Å²) in [6.07, 6.45) is 13.1.